The van der Waals surface area contributed by atoms with Crippen LogP contribution < -0.4 is 5.73 Å². The number of allylic oxidation sites excluding steroid dienone is 12. The summed E-state index contributed by atoms with van der Waals surface area (Å²) in [6, 6.07) is 44.6. The van der Waals surface area contributed by atoms with Crippen LogP contribution in [0.1, 0.15) is 40.3 Å². The highest BCUT2D eigenvalue weighted by atomic mass is 15.0. The van der Waals surface area contributed by atoms with Crippen molar-refractivity contribution in [1.29, 1.82) is 0 Å². The summed E-state index contributed by atoms with van der Waals surface area (Å²) in [7, 11) is 0. The first-order valence-corrected chi connectivity index (χ1v) is 19.4. The topological polar surface area (TPSA) is 30.9 Å². The monoisotopic (exact) mass is 706 g/mol. The van der Waals surface area contributed by atoms with Gasteiger partial charge in [-0.3, -0.25) is 0 Å². The summed E-state index contributed by atoms with van der Waals surface area (Å²) in [5, 5.41) is 6.43. The molecule has 7 aromatic rings. The molecule has 0 bridgehead atoms. The zero-order valence-electron chi connectivity index (χ0n) is 30.9. The third-order valence-corrected chi connectivity index (χ3v) is 11.9. The Balaban J connectivity index is 0.961. The lowest BCUT2D eigenvalue weighted by Gasteiger charge is -2.25. The first-order chi connectivity index (χ1) is 27.2. The lowest BCUT2D eigenvalue weighted by Crippen LogP contribution is -2.11. The number of hydrogen-bond donors (Lipinski definition) is 1. The first-order valence-electron chi connectivity index (χ1n) is 19.4. The third-order valence-electron chi connectivity index (χ3n) is 11.9. The average molecular weight is 707 g/mol. The van der Waals surface area contributed by atoms with Gasteiger partial charge in [-0.25, -0.2) is 0 Å². The number of benzene rings is 6. The van der Waals surface area contributed by atoms with Crippen molar-refractivity contribution in [3.8, 4) is 16.8 Å². The van der Waals surface area contributed by atoms with Gasteiger partial charge in [-0.05, 0) is 116 Å². The van der Waals surface area contributed by atoms with Crippen molar-refractivity contribution in [3.05, 3.63) is 216 Å². The molecule has 264 valence electrons. The number of rotatable bonds is 6. The summed E-state index contributed by atoms with van der Waals surface area (Å²) < 4.78 is 2.30. The quantitative estimate of drug-likeness (QED) is 0.172. The SMILES string of the molecule is Cc1c(/C=C\N)n(-c2ccccc2)c2ccc(C3=CCC(c4ccc(-c5c6ccccc6c(C6=CC7C=CC=CC7C=C6)c6ccccc56)cc4)C=C3)cc12. The molecule has 0 amide bonds. The standard InChI is InChI=1S/C53H42N2/c1-35-49-34-42(29-30-51(49)55(50(35)31-32-54)44-13-3-2-4-14-44)39-21-19-37(20-22-39)38-23-26-40(27-24-38)52-45-15-7-9-17-47(45)53(48-18-10-8-16-46(48)52)43-28-25-36-11-5-6-12-41(36)33-43/h2-19,21-34,36-37,41H,20,54H2,1H3/b32-31-. The first kappa shape index (κ1) is 33.0. The zero-order chi connectivity index (χ0) is 36.9. The molecule has 0 aliphatic heterocycles. The van der Waals surface area contributed by atoms with Crippen molar-refractivity contribution >= 4 is 49.7 Å². The average Bonchev–Trinajstić information content (AvgIpc) is 3.53. The molecule has 3 aliphatic carbocycles. The van der Waals surface area contributed by atoms with Gasteiger partial charge < -0.3 is 10.3 Å². The van der Waals surface area contributed by atoms with Gasteiger partial charge in [0.25, 0.3) is 0 Å². The molecular formula is C53H42N2. The molecule has 0 spiro atoms. The van der Waals surface area contributed by atoms with E-state index in [0.29, 0.717) is 17.8 Å². The zero-order valence-corrected chi connectivity index (χ0v) is 30.9. The number of aromatic nitrogens is 1. The second-order valence-electron chi connectivity index (χ2n) is 15.0. The van der Waals surface area contributed by atoms with Crippen molar-refractivity contribution in [2.24, 2.45) is 17.6 Å². The molecule has 2 heteroatoms. The van der Waals surface area contributed by atoms with Crippen molar-refractivity contribution in [3.63, 3.8) is 0 Å². The molecule has 0 fully saturated rings. The molecule has 0 saturated heterocycles. The number of para-hydroxylation sites is 1. The van der Waals surface area contributed by atoms with Crippen molar-refractivity contribution in [2.75, 3.05) is 0 Å². The fourth-order valence-corrected chi connectivity index (χ4v) is 9.17. The second-order valence-corrected chi connectivity index (χ2v) is 15.0. The summed E-state index contributed by atoms with van der Waals surface area (Å²) in [5.74, 6) is 1.16. The largest absolute Gasteiger partial charge is 0.405 e. The summed E-state index contributed by atoms with van der Waals surface area (Å²) in [5.41, 5.74) is 19.6. The number of hydrogen-bond acceptors (Lipinski definition) is 1. The van der Waals surface area contributed by atoms with Crippen LogP contribution in [-0.2, 0) is 0 Å². The minimum atomic E-state index is 0.331. The number of nitrogens with zero attached hydrogens (tertiary/aromatic N) is 1. The number of aryl methyl sites for hydroxylation is 1. The van der Waals surface area contributed by atoms with Crippen LogP contribution >= 0.6 is 0 Å². The fourth-order valence-electron chi connectivity index (χ4n) is 9.17. The van der Waals surface area contributed by atoms with Crippen LogP contribution in [-0.4, -0.2) is 4.57 Å². The van der Waals surface area contributed by atoms with Crippen LogP contribution in [0.15, 0.2) is 188 Å². The maximum atomic E-state index is 5.92. The summed E-state index contributed by atoms with van der Waals surface area (Å²) in [6.45, 7) is 2.19. The highest BCUT2D eigenvalue weighted by Crippen LogP contribution is 2.44. The molecule has 55 heavy (non-hydrogen) atoms. The van der Waals surface area contributed by atoms with E-state index >= 15 is 0 Å². The van der Waals surface area contributed by atoms with Gasteiger partial charge in [0, 0.05) is 28.8 Å². The molecule has 3 aliphatic rings. The van der Waals surface area contributed by atoms with Crippen LogP contribution in [0, 0.1) is 18.8 Å². The van der Waals surface area contributed by atoms with E-state index in [-0.39, 0.29) is 0 Å². The van der Waals surface area contributed by atoms with E-state index < -0.39 is 0 Å². The lowest BCUT2D eigenvalue weighted by molar-refractivity contribution is 0.663. The van der Waals surface area contributed by atoms with Gasteiger partial charge in [0.1, 0.15) is 0 Å². The molecule has 2 nitrogen and oxygen atoms in total. The van der Waals surface area contributed by atoms with Crippen LogP contribution in [0.4, 0.5) is 0 Å². The minimum absolute atomic E-state index is 0.331. The van der Waals surface area contributed by atoms with E-state index in [4.69, 9.17) is 5.73 Å². The highest BCUT2D eigenvalue weighted by Gasteiger charge is 2.23. The van der Waals surface area contributed by atoms with E-state index in [1.165, 1.54) is 77.0 Å². The maximum Gasteiger partial charge on any atom is 0.0538 e. The number of nitrogens with two attached hydrogens (primary N) is 1. The predicted molar refractivity (Wildman–Crippen MR) is 235 cm³/mol. The summed E-state index contributed by atoms with van der Waals surface area (Å²) in [4.78, 5) is 0. The molecule has 1 aromatic heterocycles. The highest BCUT2D eigenvalue weighted by molar-refractivity contribution is 6.19. The Labute approximate surface area is 322 Å². The normalized spacial score (nSPS) is 19.0. The Morgan fingerprint density at radius 3 is 1.91 bits per heavy atom. The molecule has 6 aromatic carbocycles. The van der Waals surface area contributed by atoms with Crippen LogP contribution in [0.2, 0.25) is 0 Å². The molecule has 10 rings (SSSR count). The van der Waals surface area contributed by atoms with Crippen LogP contribution in [0.25, 0.3) is 66.5 Å². The minimum Gasteiger partial charge on any atom is -0.405 e. The van der Waals surface area contributed by atoms with E-state index in [0.717, 1.165) is 17.8 Å². The van der Waals surface area contributed by atoms with Crippen molar-refractivity contribution in [1.82, 2.24) is 4.57 Å². The van der Waals surface area contributed by atoms with E-state index in [1.54, 1.807) is 6.20 Å². The molecular weight excluding hydrogens is 665 g/mol. The Morgan fingerprint density at radius 1 is 0.600 bits per heavy atom. The number of fused-ring (bicyclic) bond motifs is 4. The maximum absolute atomic E-state index is 5.92. The molecule has 3 unspecified atom stereocenters. The van der Waals surface area contributed by atoms with E-state index in [9.17, 15) is 0 Å². The molecule has 1 heterocycles. The predicted octanol–water partition coefficient (Wildman–Crippen LogP) is 13.3. The summed E-state index contributed by atoms with van der Waals surface area (Å²) in [6.07, 6.45) is 27.8. The lowest BCUT2D eigenvalue weighted by atomic mass is 9.79. The van der Waals surface area contributed by atoms with Crippen LogP contribution in [0.5, 0.6) is 0 Å². The van der Waals surface area contributed by atoms with Crippen LogP contribution in [0.3, 0.4) is 0 Å². The fraction of sp³-hybridized carbons (Fsp3) is 0.0943. The van der Waals surface area contributed by atoms with Gasteiger partial charge in [0.15, 0.2) is 0 Å². The Bertz CT molecular complexity index is 2790. The third kappa shape index (κ3) is 5.65. The molecule has 3 atom stereocenters. The van der Waals surface area contributed by atoms with E-state index in [2.05, 4.69) is 194 Å². The Morgan fingerprint density at radius 2 is 1.24 bits per heavy atom. The summed E-state index contributed by atoms with van der Waals surface area (Å²) >= 11 is 0. The van der Waals surface area contributed by atoms with E-state index in [1.807, 2.05) is 6.08 Å². The van der Waals surface area contributed by atoms with Gasteiger partial charge in [-0.15, -0.1) is 0 Å². The van der Waals surface area contributed by atoms with Gasteiger partial charge in [0.05, 0.1) is 11.2 Å². The molecule has 2 N–H and O–H groups in total. The molecule has 0 saturated carbocycles. The van der Waals surface area contributed by atoms with Gasteiger partial charge in [-0.1, -0.05) is 158 Å². The van der Waals surface area contributed by atoms with Gasteiger partial charge in [-0.2, -0.15) is 0 Å². The Kier molecular flexibility index (Phi) is 8.18. The Hall–Kier alpha value is -6.64. The van der Waals surface area contributed by atoms with Gasteiger partial charge in [0.2, 0.25) is 0 Å². The molecule has 0 radical (unpaired) electrons. The smallest absolute Gasteiger partial charge is 0.0538 e. The second kappa shape index (κ2) is 13.6. The van der Waals surface area contributed by atoms with Crippen molar-refractivity contribution < 1.29 is 0 Å². The van der Waals surface area contributed by atoms with Gasteiger partial charge >= 0.3 is 0 Å². The van der Waals surface area contributed by atoms with Crippen molar-refractivity contribution in [2.45, 2.75) is 19.3 Å².